The Kier molecular flexibility index (Phi) is 6.82. The van der Waals surface area contributed by atoms with Crippen molar-refractivity contribution in [3.8, 4) is 22.6 Å². The van der Waals surface area contributed by atoms with Gasteiger partial charge in [-0.2, -0.15) is 0 Å². The van der Waals surface area contributed by atoms with Gasteiger partial charge in [-0.15, -0.1) is 0 Å². The molecule has 3 aromatic carbocycles. The third-order valence-electron chi connectivity index (χ3n) is 6.73. The lowest BCUT2D eigenvalue weighted by molar-refractivity contribution is -0.122. The number of carbonyl (C=O) groups is 1. The summed E-state index contributed by atoms with van der Waals surface area (Å²) in [4.78, 5) is 17.3. The number of likely N-dealkylation sites (tertiary alicyclic amines) is 1. The van der Waals surface area contributed by atoms with Gasteiger partial charge in [-0.05, 0) is 79.9 Å². The summed E-state index contributed by atoms with van der Waals surface area (Å²) in [6, 6.07) is 24.2. The maximum absolute atomic E-state index is 13.1. The molecule has 0 radical (unpaired) electrons. The highest BCUT2D eigenvalue weighted by molar-refractivity contribution is 5.99. The van der Waals surface area contributed by atoms with Crippen LogP contribution in [0.4, 0.5) is 5.69 Å². The fourth-order valence-corrected chi connectivity index (χ4v) is 4.79. The summed E-state index contributed by atoms with van der Waals surface area (Å²) < 4.78 is 12.1. The number of amides is 1. The fraction of sp³-hybridized carbons (Fsp3) is 0.345. The van der Waals surface area contributed by atoms with E-state index in [2.05, 4.69) is 17.0 Å². The first-order valence-electron chi connectivity index (χ1n) is 12.3. The Labute approximate surface area is 201 Å². The molecule has 2 fully saturated rings. The number of hydrogen-bond donors (Lipinski definition) is 0. The summed E-state index contributed by atoms with van der Waals surface area (Å²) in [5.41, 5.74) is 4.24. The average molecular weight is 457 g/mol. The average Bonchev–Trinajstić information content (AvgIpc) is 3.51. The van der Waals surface area contributed by atoms with E-state index in [0.29, 0.717) is 19.6 Å². The predicted molar refractivity (Wildman–Crippen MR) is 136 cm³/mol. The van der Waals surface area contributed by atoms with Crippen molar-refractivity contribution in [2.24, 2.45) is 0 Å². The molecule has 0 bridgehead atoms. The Morgan fingerprint density at radius 1 is 0.882 bits per heavy atom. The number of rotatable bonds is 8. The Morgan fingerprint density at radius 3 is 2.35 bits per heavy atom. The molecule has 5 heteroatoms. The van der Waals surface area contributed by atoms with Crippen LogP contribution in [0.2, 0.25) is 0 Å². The van der Waals surface area contributed by atoms with Gasteiger partial charge in [0.05, 0.1) is 0 Å². The lowest BCUT2D eigenvalue weighted by atomic mass is 10.1. The highest BCUT2D eigenvalue weighted by Gasteiger charge is 2.34. The van der Waals surface area contributed by atoms with E-state index < -0.39 is 6.10 Å². The van der Waals surface area contributed by atoms with Gasteiger partial charge in [0, 0.05) is 25.2 Å². The van der Waals surface area contributed by atoms with Crippen molar-refractivity contribution in [2.45, 2.75) is 32.3 Å². The van der Waals surface area contributed by atoms with Crippen LogP contribution in [-0.2, 0) is 4.79 Å². The SMILES string of the molecule is Cc1cc(N2CCC(Oc3ccc(-c4ccccc4)cc3)C2=O)ccc1OCCN1CCCC1. The molecule has 2 aliphatic heterocycles. The highest BCUT2D eigenvalue weighted by atomic mass is 16.5. The first kappa shape index (κ1) is 22.5. The van der Waals surface area contributed by atoms with E-state index >= 15 is 0 Å². The van der Waals surface area contributed by atoms with Gasteiger partial charge >= 0.3 is 0 Å². The molecule has 3 aromatic rings. The van der Waals surface area contributed by atoms with Crippen LogP contribution in [0, 0.1) is 6.92 Å². The number of carbonyl (C=O) groups excluding carboxylic acids is 1. The third-order valence-corrected chi connectivity index (χ3v) is 6.73. The zero-order chi connectivity index (χ0) is 23.3. The van der Waals surface area contributed by atoms with Crippen molar-refractivity contribution in [2.75, 3.05) is 37.7 Å². The van der Waals surface area contributed by atoms with Gasteiger partial charge in [0.2, 0.25) is 0 Å². The number of anilines is 1. The summed E-state index contributed by atoms with van der Waals surface area (Å²) in [6.45, 7) is 6.72. The van der Waals surface area contributed by atoms with Crippen molar-refractivity contribution >= 4 is 11.6 Å². The van der Waals surface area contributed by atoms with Gasteiger partial charge in [-0.1, -0.05) is 42.5 Å². The van der Waals surface area contributed by atoms with Crippen LogP contribution in [0.5, 0.6) is 11.5 Å². The Balaban J connectivity index is 1.17. The summed E-state index contributed by atoms with van der Waals surface area (Å²) in [5, 5.41) is 0. The minimum Gasteiger partial charge on any atom is -0.492 e. The van der Waals surface area contributed by atoms with Gasteiger partial charge in [-0.3, -0.25) is 9.69 Å². The van der Waals surface area contributed by atoms with Gasteiger partial charge in [0.15, 0.2) is 6.10 Å². The molecule has 1 amide bonds. The number of ether oxygens (including phenoxy) is 2. The summed E-state index contributed by atoms with van der Waals surface area (Å²) in [5.74, 6) is 1.62. The molecule has 5 nitrogen and oxygen atoms in total. The molecule has 0 spiro atoms. The molecular weight excluding hydrogens is 424 g/mol. The number of nitrogens with zero attached hydrogens (tertiary/aromatic N) is 2. The number of hydrogen-bond acceptors (Lipinski definition) is 4. The largest absolute Gasteiger partial charge is 0.492 e. The van der Waals surface area contributed by atoms with Crippen LogP contribution in [-0.4, -0.2) is 49.7 Å². The van der Waals surface area contributed by atoms with E-state index in [4.69, 9.17) is 9.47 Å². The van der Waals surface area contributed by atoms with Crippen molar-refractivity contribution in [3.05, 3.63) is 78.4 Å². The van der Waals surface area contributed by atoms with E-state index in [9.17, 15) is 4.79 Å². The van der Waals surface area contributed by atoms with Crippen molar-refractivity contribution in [1.29, 1.82) is 0 Å². The minimum absolute atomic E-state index is 0.00855. The first-order valence-corrected chi connectivity index (χ1v) is 12.3. The molecule has 1 unspecified atom stereocenters. The second kappa shape index (κ2) is 10.3. The van der Waals surface area contributed by atoms with E-state index in [-0.39, 0.29) is 5.91 Å². The van der Waals surface area contributed by atoms with E-state index in [1.165, 1.54) is 25.9 Å². The standard InChI is InChI=1S/C29H32N2O3/c1-22-21-25(11-14-27(22)33-20-19-30-16-5-6-17-30)31-18-15-28(29(31)32)34-26-12-9-24(10-13-26)23-7-3-2-4-8-23/h2-4,7-14,21,28H,5-6,15-20H2,1H3. The zero-order valence-electron chi connectivity index (χ0n) is 19.8. The van der Waals surface area contributed by atoms with Crippen LogP contribution >= 0.6 is 0 Å². The van der Waals surface area contributed by atoms with Crippen LogP contribution in [0.15, 0.2) is 72.8 Å². The van der Waals surface area contributed by atoms with E-state index in [1.54, 1.807) is 0 Å². The lowest BCUT2D eigenvalue weighted by Crippen LogP contribution is -2.32. The molecule has 0 aromatic heterocycles. The molecular formula is C29H32N2O3. The molecule has 0 aliphatic carbocycles. The maximum Gasteiger partial charge on any atom is 0.268 e. The number of aryl methyl sites for hydroxylation is 1. The normalized spacial score (nSPS) is 18.4. The third kappa shape index (κ3) is 5.10. The van der Waals surface area contributed by atoms with Crippen LogP contribution in [0.25, 0.3) is 11.1 Å². The van der Waals surface area contributed by atoms with Gasteiger partial charge in [-0.25, -0.2) is 0 Å². The van der Waals surface area contributed by atoms with Gasteiger partial charge in [0.1, 0.15) is 18.1 Å². The van der Waals surface area contributed by atoms with Crippen molar-refractivity contribution in [1.82, 2.24) is 4.90 Å². The van der Waals surface area contributed by atoms with Gasteiger partial charge < -0.3 is 14.4 Å². The molecule has 2 aliphatic rings. The van der Waals surface area contributed by atoms with E-state index in [0.717, 1.165) is 40.4 Å². The van der Waals surface area contributed by atoms with E-state index in [1.807, 2.05) is 72.5 Å². The van der Waals surface area contributed by atoms with Crippen molar-refractivity contribution < 1.29 is 14.3 Å². The van der Waals surface area contributed by atoms with Crippen molar-refractivity contribution in [3.63, 3.8) is 0 Å². The van der Waals surface area contributed by atoms with Gasteiger partial charge in [0.25, 0.3) is 5.91 Å². The summed E-state index contributed by atoms with van der Waals surface area (Å²) in [7, 11) is 0. The molecule has 2 saturated heterocycles. The molecule has 5 rings (SSSR count). The fourth-order valence-electron chi connectivity index (χ4n) is 4.79. The highest BCUT2D eigenvalue weighted by Crippen LogP contribution is 2.30. The zero-order valence-corrected chi connectivity index (χ0v) is 19.8. The Bertz CT molecular complexity index is 1110. The number of benzene rings is 3. The van der Waals surface area contributed by atoms with Crippen LogP contribution < -0.4 is 14.4 Å². The minimum atomic E-state index is -0.459. The smallest absolute Gasteiger partial charge is 0.268 e. The van der Waals surface area contributed by atoms with Crippen LogP contribution in [0.1, 0.15) is 24.8 Å². The summed E-state index contributed by atoms with van der Waals surface area (Å²) in [6.07, 6.45) is 2.80. The maximum atomic E-state index is 13.1. The van der Waals surface area contributed by atoms with Crippen LogP contribution in [0.3, 0.4) is 0 Å². The first-order chi connectivity index (χ1) is 16.7. The molecule has 0 saturated carbocycles. The topological polar surface area (TPSA) is 42.0 Å². The molecule has 0 N–H and O–H groups in total. The Hall–Kier alpha value is -3.31. The Morgan fingerprint density at radius 2 is 1.62 bits per heavy atom. The quantitative estimate of drug-likeness (QED) is 0.460. The monoisotopic (exact) mass is 456 g/mol. The molecule has 176 valence electrons. The molecule has 34 heavy (non-hydrogen) atoms. The molecule has 1 atom stereocenters. The molecule has 2 heterocycles. The lowest BCUT2D eigenvalue weighted by Gasteiger charge is -2.20. The second-order valence-corrected chi connectivity index (χ2v) is 9.12. The summed E-state index contributed by atoms with van der Waals surface area (Å²) >= 11 is 0. The second-order valence-electron chi connectivity index (χ2n) is 9.12. The predicted octanol–water partition coefficient (Wildman–Crippen LogP) is 5.32.